The van der Waals surface area contributed by atoms with Gasteiger partial charge in [0.1, 0.15) is 0 Å². The van der Waals surface area contributed by atoms with E-state index in [1.54, 1.807) is 24.5 Å². The van der Waals surface area contributed by atoms with Crippen LogP contribution in [0.1, 0.15) is 16.1 Å². The summed E-state index contributed by atoms with van der Waals surface area (Å²) in [4.78, 5) is 16.1. The van der Waals surface area contributed by atoms with Crippen molar-refractivity contribution in [3.05, 3.63) is 52.0 Å². The first kappa shape index (κ1) is 13.9. The van der Waals surface area contributed by atoms with Crippen molar-refractivity contribution in [1.29, 1.82) is 0 Å². The van der Waals surface area contributed by atoms with Gasteiger partial charge in [-0.15, -0.1) is 0 Å². The largest absolute Gasteiger partial charge is 0.352 e. The van der Waals surface area contributed by atoms with E-state index in [0.717, 1.165) is 5.69 Å². The van der Waals surface area contributed by atoms with Crippen LogP contribution in [0.2, 0.25) is 10.0 Å². The predicted octanol–water partition coefficient (Wildman–Crippen LogP) is 2.70. The highest BCUT2D eigenvalue weighted by Crippen LogP contribution is 2.20. The average molecular weight is 298 g/mol. The molecule has 0 aliphatic carbocycles. The van der Waals surface area contributed by atoms with Crippen molar-refractivity contribution in [1.82, 2.24) is 14.9 Å². The molecule has 2 aromatic rings. The van der Waals surface area contributed by atoms with Crippen LogP contribution in [-0.2, 0) is 13.5 Å². The molecule has 0 saturated heterocycles. The smallest absolute Gasteiger partial charge is 0.252 e. The van der Waals surface area contributed by atoms with Crippen LogP contribution in [0.15, 0.2) is 30.7 Å². The summed E-state index contributed by atoms with van der Waals surface area (Å²) >= 11 is 11.8. The van der Waals surface area contributed by atoms with Crippen molar-refractivity contribution in [2.24, 2.45) is 7.05 Å². The van der Waals surface area contributed by atoms with Crippen LogP contribution in [0.3, 0.4) is 0 Å². The van der Waals surface area contributed by atoms with Gasteiger partial charge >= 0.3 is 0 Å². The van der Waals surface area contributed by atoms with Crippen LogP contribution in [0.5, 0.6) is 0 Å². The Balaban J connectivity index is 1.92. The second-order valence-corrected chi connectivity index (χ2v) is 5.00. The zero-order chi connectivity index (χ0) is 13.8. The summed E-state index contributed by atoms with van der Waals surface area (Å²) in [6, 6.07) is 4.81. The Kier molecular flexibility index (Phi) is 4.45. The average Bonchev–Trinajstić information content (AvgIpc) is 2.78. The highest BCUT2D eigenvalue weighted by atomic mass is 35.5. The molecule has 1 aromatic heterocycles. The van der Waals surface area contributed by atoms with E-state index in [4.69, 9.17) is 23.2 Å². The summed E-state index contributed by atoms with van der Waals surface area (Å²) < 4.78 is 1.87. The van der Waals surface area contributed by atoms with E-state index in [-0.39, 0.29) is 5.91 Å². The molecule has 4 nitrogen and oxygen atoms in total. The molecule has 1 amide bonds. The number of nitrogens with one attached hydrogen (secondary N) is 1. The minimum Gasteiger partial charge on any atom is -0.352 e. The van der Waals surface area contributed by atoms with Crippen molar-refractivity contribution >= 4 is 29.1 Å². The van der Waals surface area contributed by atoms with Crippen molar-refractivity contribution in [3.63, 3.8) is 0 Å². The monoisotopic (exact) mass is 297 g/mol. The Morgan fingerprint density at radius 3 is 2.89 bits per heavy atom. The molecule has 1 N–H and O–H groups in total. The molecule has 100 valence electrons. The zero-order valence-corrected chi connectivity index (χ0v) is 11.9. The molecule has 0 aliphatic rings. The van der Waals surface area contributed by atoms with Crippen LogP contribution >= 0.6 is 23.2 Å². The number of carbonyl (C=O) groups excluding carboxylic acids is 1. The maximum Gasteiger partial charge on any atom is 0.252 e. The van der Waals surface area contributed by atoms with Crippen LogP contribution in [-0.4, -0.2) is 22.0 Å². The first-order chi connectivity index (χ1) is 9.06. The number of carbonyl (C=O) groups is 1. The van der Waals surface area contributed by atoms with Crippen molar-refractivity contribution in [2.75, 3.05) is 6.54 Å². The molecule has 2 rings (SSSR count). The maximum atomic E-state index is 11.9. The summed E-state index contributed by atoms with van der Waals surface area (Å²) in [5, 5.41) is 3.67. The SMILES string of the molecule is Cn1cnc(CCNC(=O)c2cc(Cl)ccc2Cl)c1. The number of benzene rings is 1. The molecule has 0 fully saturated rings. The van der Waals surface area contributed by atoms with Crippen LogP contribution in [0, 0.1) is 0 Å². The summed E-state index contributed by atoms with van der Waals surface area (Å²) in [5.41, 5.74) is 1.31. The molecule has 0 unspecified atom stereocenters. The lowest BCUT2D eigenvalue weighted by Crippen LogP contribution is -2.26. The van der Waals surface area contributed by atoms with Gasteiger partial charge in [0.2, 0.25) is 0 Å². The minimum absolute atomic E-state index is 0.233. The molecule has 0 bridgehead atoms. The van der Waals surface area contributed by atoms with Crippen molar-refractivity contribution in [3.8, 4) is 0 Å². The number of halogens is 2. The third-order valence-electron chi connectivity index (χ3n) is 2.60. The number of rotatable bonds is 4. The summed E-state index contributed by atoms with van der Waals surface area (Å²) in [6.45, 7) is 0.499. The molecule has 6 heteroatoms. The molecule has 0 atom stereocenters. The molecule has 1 heterocycles. The lowest BCUT2D eigenvalue weighted by Gasteiger charge is -2.06. The molecule has 0 aliphatic heterocycles. The zero-order valence-electron chi connectivity index (χ0n) is 10.4. The Hall–Kier alpha value is -1.52. The van der Waals surface area contributed by atoms with E-state index in [9.17, 15) is 4.79 Å². The first-order valence-corrected chi connectivity index (χ1v) is 6.52. The van der Waals surface area contributed by atoms with E-state index in [0.29, 0.717) is 28.6 Å². The van der Waals surface area contributed by atoms with E-state index in [2.05, 4.69) is 10.3 Å². The first-order valence-electron chi connectivity index (χ1n) is 5.76. The van der Waals surface area contributed by atoms with Crippen molar-refractivity contribution in [2.45, 2.75) is 6.42 Å². The molecular weight excluding hydrogens is 285 g/mol. The van der Waals surface area contributed by atoms with Gasteiger partial charge in [-0.2, -0.15) is 0 Å². The molecular formula is C13H13Cl2N3O. The highest BCUT2D eigenvalue weighted by molar-refractivity contribution is 6.35. The Morgan fingerprint density at radius 2 is 2.21 bits per heavy atom. The Labute approximate surface area is 121 Å². The van der Waals surface area contributed by atoms with Crippen LogP contribution in [0.4, 0.5) is 0 Å². The second-order valence-electron chi connectivity index (χ2n) is 4.16. The van der Waals surface area contributed by atoms with Gasteiger partial charge in [-0.05, 0) is 18.2 Å². The number of imidazole rings is 1. The van der Waals surface area contributed by atoms with Gasteiger partial charge in [0, 0.05) is 31.2 Å². The maximum absolute atomic E-state index is 11.9. The van der Waals surface area contributed by atoms with Gasteiger partial charge in [0.15, 0.2) is 0 Å². The molecule has 1 aromatic carbocycles. The van der Waals surface area contributed by atoms with Crippen molar-refractivity contribution < 1.29 is 4.79 Å². The summed E-state index contributed by atoms with van der Waals surface area (Å²) in [5.74, 6) is -0.233. The number of nitrogens with zero attached hydrogens (tertiary/aromatic N) is 2. The van der Waals surface area contributed by atoms with Gasteiger partial charge in [-0.1, -0.05) is 23.2 Å². The van der Waals surface area contributed by atoms with Gasteiger partial charge in [-0.25, -0.2) is 4.98 Å². The van der Waals surface area contributed by atoms with E-state index < -0.39 is 0 Å². The van der Waals surface area contributed by atoms with Gasteiger partial charge in [0.05, 0.1) is 22.6 Å². The van der Waals surface area contributed by atoms with E-state index >= 15 is 0 Å². The highest BCUT2D eigenvalue weighted by Gasteiger charge is 2.10. The fourth-order valence-corrected chi connectivity index (χ4v) is 2.04. The number of aryl methyl sites for hydroxylation is 1. The lowest BCUT2D eigenvalue weighted by molar-refractivity contribution is 0.0954. The second kappa shape index (κ2) is 6.08. The minimum atomic E-state index is -0.233. The standard InChI is InChI=1S/C13H13Cl2N3O/c1-18-7-10(17-8-18)4-5-16-13(19)11-6-9(14)2-3-12(11)15/h2-3,6-8H,4-5H2,1H3,(H,16,19). The lowest BCUT2D eigenvalue weighted by atomic mass is 10.2. The van der Waals surface area contributed by atoms with Crippen LogP contribution < -0.4 is 5.32 Å². The number of hydrogen-bond donors (Lipinski definition) is 1. The quantitative estimate of drug-likeness (QED) is 0.943. The summed E-state index contributed by atoms with van der Waals surface area (Å²) in [6.07, 6.45) is 4.31. The van der Waals surface area contributed by atoms with Crippen LogP contribution in [0.25, 0.3) is 0 Å². The molecule has 0 spiro atoms. The normalized spacial score (nSPS) is 10.5. The number of aromatic nitrogens is 2. The van der Waals surface area contributed by atoms with E-state index in [1.165, 1.54) is 0 Å². The third-order valence-corrected chi connectivity index (χ3v) is 3.16. The predicted molar refractivity (Wildman–Crippen MR) is 75.7 cm³/mol. The fraction of sp³-hybridized carbons (Fsp3) is 0.231. The van der Waals surface area contributed by atoms with Gasteiger partial charge < -0.3 is 9.88 Å². The topological polar surface area (TPSA) is 46.9 Å². The molecule has 0 radical (unpaired) electrons. The Morgan fingerprint density at radius 1 is 1.42 bits per heavy atom. The third kappa shape index (κ3) is 3.72. The number of hydrogen-bond acceptors (Lipinski definition) is 2. The van der Waals surface area contributed by atoms with Gasteiger partial charge in [0.25, 0.3) is 5.91 Å². The summed E-state index contributed by atoms with van der Waals surface area (Å²) in [7, 11) is 1.90. The fourth-order valence-electron chi connectivity index (χ4n) is 1.67. The Bertz CT molecular complexity index is 595. The van der Waals surface area contributed by atoms with Gasteiger partial charge in [-0.3, -0.25) is 4.79 Å². The number of amides is 1. The molecule has 19 heavy (non-hydrogen) atoms. The molecule has 0 saturated carbocycles. The van der Waals surface area contributed by atoms with E-state index in [1.807, 2.05) is 17.8 Å².